The molecule has 1 N–H and O–H groups in total. The molecule has 3 aliphatic heterocycles. The molecule has 25 heavy (non-hydrogen) atoms. The van der Waals surface area contributed by atoms with Gasteiger partial charge in [-0.2, -0.15) is 0 Å². The van der Waals surface area contributed by atoms with Crippen molar-refractivity contribution in [3.05, 3.63) is 28.5 Å². The Morgan fingerprint density at radius 3 is 2.84 bits per heavy atom. The van der Waals surface area contributed by atoms with Crippen LogP contribution >= 0.6 is 0 Å². The van der Waals surface area contributed by atoms with Gasteiger partial charge in [-0.3, -0.25) is 0 Å². The fourth-order valence-electron chi connectivity index (χ4n) is 3.91. The molecule has 3 rings (SSSR count). The van der Waals surface area contributed by atoms with Gasteiger partial charge in [0.2, 0.25) is 0 Å². The second kappa shape index (κ2) is 6.23. The molecule has 2 saturated heterocycles. The molecule has 3 aliphatic rings. The van der Waals surface area contributed by atoms with E-state index >= 15 is 0 Å². The molecule has 3 heterocycles. The molecule has 5 atom stereocenters. The van der Waals surface area contributed by atoms with Crippen LogP contribution in [0.3, 0.4) is 0 Å². The van der Waals surface area contributed by atoms with E-state index in [-0.39, 0.29) is 19.6 Å². The van der Waals surface area contributed by atoms with Crippen LogP contribution in [0.4, 0.5) is 0 Å². The van der Waals surface area contributed by atoms with E-state index in [0.29, 0.717) is 24.1 Å². The third-order valence-electron chi connectivity index (χ3n) is 5.83. The van der Waals surface area contributed by atoms with Gasteiger partial charge < -0.3 is 24.4 Å². The zero-order valence-corrected chi connectivity index (χ0v) is 14.9. The third-order valence-corrected chi connectivity index (χ3v) is 5.83. The second-order valence-corrected chi connectivity index (χ2v) is 7.46. The fourth-order valence-corrected chi connectivity index (χ4v) is 3.91. The highest BCUT2D eigenvalue weighted by Gasteiger charge is 2.51. The largest absolute Gasteiger partial charge is 0.632 e. The van der Waals surface area contributed by atoms with Crippen LogP contribution in [0, 0.1) is 11.1 Å². The van der Waals surface area contributed by atoms with Crippen molar-refractivity contribution < 1.29 is 28.8 Å². The lowest BCUT2D eigenvalue weighted by Crippen LogP contribution is -2.49. The summed E-state index contributed by atoms with van der Waals surface area (Å²) >= 11 is 0. The molecule has 0 aromatic rings. The summed E-state index contributed by atoms with van der Waals surface area (Å²) in [6, 6.07) is -0.531. The minimum Gasteiger partial charge on any atom is -0.632 e. The van der Waals surface area contributed by atoms with Gasteiger partial charge in [0.1, 0.15) is 6.61 Å². The van der Waals surface area contributed by atoms with Crippen molar-refractivity contribution in [2.45, 2.75) is 51.4 Å². The summed E-state index contributed by atoms with van der Waals surface area (Å²) in [4.78, 5) is 24.9. The molecular weight excluding hydrogens is 326 g/mol. The van der Waals surface area contributed by atoms with Crippen LogP contribution in [0.15, 0.2) is 23.3 Å². The van der Waals surface area contributed by atoms with Gasteiger partial charge in [0.25, 0.3) is 0 Å². The predicted octanol–water partition coefficient (Wildman–Crippen LogP) is 1.21. The van der Waals surface area contributed by atoms with Crippen molar-refractivity contribution in [3.63, 3.8) is 0 Å². The Morgan fingerprint density at radius 2 is 2.16 bits per heavy atom. The number of hydroxylamine groups is 3. The summed E-state index contributed by atoms with van der Waals surface area (Å²) in [7, 11) is 0. The number of ether oxygens (including phenoxy) is 2. The number of allylic oxidation sites excluding steroid dienone is 1. The Bertz CT molecular complexity index is 652. The third kappa shape index (κ3) is 3.01. The Balaban J connectivity index is 1.94. The van der Waals surface area contributed by atoms with Gasteiger partial charge in [-0.15, -0.1) is 0 Å². The molecular formula is C18H25NO6. The fraction of sp³-hybridized carbons (Fsp3) is 0.667. The highest BCUT2D eigenvalue weighted by atomic mass is 16.6. The molecule has 2 fully saturated rings. The average Bonchev–Trinajstić information content (AvgIpc) is 3.05. The maximum atomic E-state index is 12.9. The van der Waals surface area contributed by atoms with Crippen LogP contribution < -0.4 is 0 Å². The minimum absolute atomic E-state index is 0.0564. The van der Waals surface area contributed by atoms with Gasteiger partial charge in [0.15, 0.2) is 17.7 Å². The summed E-state index contributed by atoms with van der Waals surface area (Å²) in [5.74, 6) is -1.75. The van der Waals surface area contributed by atoms with Crippen molar-refractivity contribution in [1.29, 1.82) is 0 Å². The zero-order chi connectivity index (χ0) is 18.4. The number of esters is 2. The molecule has 0 saturated carbocycles. The molecule has 138 valence electrons. The van der Waals surface area contributed by atoms with Gasteiger partial charge in [-0.05, 0) is 32.3 Å². The molecule has 7 nitrogen and oxygen atoms in total. The number of carbonyl (C=O) groups is 2. The van der Waals surface area contributed by atoms with E-state index in [4.69, 9.17) is 9.47 Å². The van der Waals surface area contributed by atoms with E-state index in [1.165, 1.54) is 6.92 Å². The van der Waals surface area contributed by atoms with Crippen molar-refractivity contribution in [1.82, 2.24) is 0 Å². The summed E-state index contributed by atoms with van der Waals surface area (Å²) in [5, 5.41) is 23.5. The van der Waals surface area contributed by atoms with Gasteiger partial charge in [0.05, 0.1) is 13.1 Å². The second-order valence-electron chi connectivity index (χ2n) is 7.46. The number of hydrogen-bond acceptors (Lipinski definition) is 6. The average molecular weight is 351 g/mol. The maximum absolute atomic E-state index is 12.9. The van der Waals surface area contributed by atoms with E-state index in [2.05, 4.69) is 0 Å². The summed E-state index contributed by atoms with van der Waals surface area (Å²) in [6.45, 7) is 5.39. The molecule has 0 bridgehead atoms. The minimum atomic E-state index is -1.73. The summed E-state index contributed by atoms with van der Waals surface area (Å²) < 4.78 is 10.5. The molecule has 0 aromatic carbocycles. The van der Waals surface area contributed by atoms with Crippen LogP contribution in [0.5, 0.6) is 0 Å². The predicted molar refractivity (Wildman–Crippen MR) is 88.9 cm³/mol. The lowest BCUT2D eigenvalue weighted by Gasteiger charge is -2.41. The first-order valence-corrected chi connectivity index (χ1v) is 8.71. The lowest BCUT2D eigenvalue weighted by atomic mass is 9.85. The molecule has 0 radical (unpaired) electrons. The normalized spacial score (nSPS) is 43.6. The van der Waals surface area contributed by atoms with Crippen LogP contribution in [-0.2, 0) is 19.1 Å². The van der Waals surface area contributed by atoms with Crippen molar-refractivity contribution in [2.75, 3.05) is 19.7 Å². The smallest absolute Gasteiger partial charge is 0.338 e. The van der Waals surface area contributed by atoms with E-state index in [1.807, 2.05) is 0 Å². The number of hydrogen-bond donors (Lipinski definition) is 1. The van der Waals surface area contributed by atoms with Gasteiger partial charge in [-0.1, -0.05) is 13.0 Å². The van der Waals surface area contributed by atoms with Crippen LogP contribution in [0.25, 0.3) is 0 Å². The molecule has 0 aromatic heterocycles. The number of carbonyl (C=O) groups excluding carboxylic acids is 2. The first-order chi connectivity index (χ1) is 11.7. The Hall–Kier alpha value is -1.70. The van der Waals surface area contributed by atoms with Crippen molar-refractivity contribution >= 4 is 11.9 Å². The van der Waals surface area contributed by atoms with E-state index < -0.39 is 40.2 Å². The SMILES string of the molecule is CC=C1C[C@@H](C)[C@@](C)(O)C(=O)OCC2=CC[N+]3([O-])CC[C@@H](OC1=O)[C@@H]23. The monoisotopic (exact) mass is 351 g/mol. The number of rotatable bonds is 0. The topological polar surface area (TPSA) is 95.9 Å². The van der Waals surface area contributed by atoms with Crippen LogP contribution in [-0.4, -0.2) is 59.1 Å². The zero-order valence-electron chi connectivity index (χ0n) is 14.9. The molecule has 0 aliphatic carbocycles. The molecule has 1 unspecified atom stereocenters. The summed E-state index contributed by atoms with van der Waals surface area (Å²) in [6.07, 6.45) is 3.57. The Labute approximate surface area is 147 Å². The van der Waals surface area contributed by atoms with Crippen molar-refractivity contribution in [3.8, 4) is 0 Å². The first kappa shape index (κ1) is 18.1. The van der Waals surface area contributed by atoms with Crippen molar-refractivity contribution in [2.24, 2.45) is 5.92 Å². The molecule has 7 heteroatoms. The van der Waals surface area contributed by atoms with E-state index in [0.717, 1.165) is 0 Å². The lowest BCUT2D eigenvalue weighted by molar-refractivity contribution is -0.877. The summed E-state index contributed by atoms with van der Waals surface area (Å²) in [5.41, 5.74) is -0.670. The highest BCUT2D eigenvalue weighted by molar-refractivity contribution is 5.89. The number of nitrogens with zero attached hydrogens (tertiary/aromatic N) is 1. The van der Waals surface area contributed by atoms with Gasteiger partial charge in [0, 0.05) is 17.6 Å². The number of aliphatic hydroxyl groups is 1. The number of cyclic esters (lactones) is 1. The maximum Gasteiger partial charge on any atom is 0.338 e. The van der Waals surface area contributed by atoms with Gasteiger partial charge in [-0.25, -0.2) is 9.59 Å². The standard InChI is InChI=1S/C18H25NO6/c1-4-12-9-11(2)18(3,22)17(21)24-10-13-5-7-19(23)8-6-14(15(13)19)25-16(12)20/h4-5,11,14-15,22H,6-10H2,1-3H3/t11-,14-,15-,18-,19?/m1/s1. The highest BCUT2D eigenvalue weighted by Crippen LogP contribution is 2.39. The first-order valence-electron chi connectivity index (χ1n) is 8.71. The molecule has 0 amide bonds. The quantitative estimate of drug-likeness (QED) is 0.232. The number of quaternary nitrogens is 1. The molecule has 0 spiro atoms. The Kier molecular flexibility index (Phi) is 4.51. The van der Waals surface area contributed by atoms with Crippen LogP contribution in [0.2, 0.25) is 0 Å². The van der Waals surface area contributed by atoms with E-state index in [1.54, 1.807) is 26.0 Å². The van der Waals surface area contributed by atoms with Crippen LogP contribution in [0.1, 0.15) is 33.6 Å². The Morgan fingerprint density at radius 1 is 1.44 bits per heavy atom. The van der Waals surface area contributed by atoms with Gasteiger partial charge >= 0.3 is 11.9 Å². The van der Waals surface area contributed by atoms with E-state index in [9.17, 15) is 19.9 Å².